The van der Waals surface area contributed by atoms with Gasteiger partial charge in [0.15, 0.2) is 0 Å². The molecule has 1 amide bonds. The molecule has 3 atom stereocenters. The first-order chi connectivity index (χ1) is 11.1. The van der Waals surface area contributed by atoms with Crippen LogP contribution in [-0.2, 0) is 7.05 Å². The van der Waals surface area contributed by atoms with Crippen LogP contribution >= 0.6 is 0 Å². The molecule has 7 heteroatoms. The minimum absolute atomic E-state index is 0.149. The number of carbonyl (C=O) groups is 1. The van der Waals surface area contributed by atoms with Crippen LogP contribution in [0.4, 0.5) is 0 Å². The van der Waals surface area contributed by atoms with Crippen LogP contribution < -0.4 is 4.74 Å². The Morgan fingerprint density at radius 1 is 1.43 bits per heavy atom. The second-order valence-corrected chi connectivity index (χ2v) is 5.80. The van der Waals surface area contributed by atoms with Gasteiger partial charge in [-0.3, -0.25) is 14.5 Å². The van der Waals surface area contributed by atoms with Crippen LogP contribution in [0.2, 0.25) is 0 Å². The predicted molar refractivity (Wildman–Crippen MR) is 83.0 cm³/mol. The normalized spacial score (nSPS) is 23.7. The van der Waals surface area contributed by atoms with E-state index in [9.17, 15) is 9.90 Å². The highest BCUT2D eigenvalue weighted by molar-refractivity contribution is 5.93. The maximum Gasteiger partial charge on any atom is 0.257 e. The Balaban J connectivity index is 1.66. The summed E-state index contributed by atoms with van der Waals surface area (Å²) in [6, 6.07) is 3.31. The topological polar surface area (TPSA) is 80.5 Å². The second-order valence-electron chi connectivity index (χ2n) is 5.80. The molecule has 0 unspecified atom stereocenters. The number of amides is 1. The summed E-state index contributed by atoms with van der Waals surface area (Å²) >= 11 is 0. The fourth-order valence-corrected chi connectivity index (χ4v) is 2.95. The van der Waals surface area contributed by atoms with Crippen LogP contribution in [-0.4, -0.2) is 56.0 Å². The Morgan fingerprint density at radius 3 is 2.91 bits per heavy atom. The zero-order chi connectivity index (χ0) is 16.4. The van der Waals surface area contributed by atoms with Gasteiger partial charge in [-0.2, -0.15) is 5.10 Å². The maximum absolute atomic E-state index is 12.5. The van der Waals surface area contributed by atoms with Crippen molar-refractivity contribution < 1.29 is 14.6 Å². The van der Waals surface area contributed by atoms with Crippen LogP contribution in [0.15, 0.2) is 36.9 Å². The molecule has 0 radical (unpaired) electrons. The number of likely N-dealkylation sites (N-methyl/N-ethyl adjacent to an activating group) is 1. The molecule has 0 bridgehead atoms. The first-order valence-corrected chi connectivity index (χ1v) is 7.57. The molecular formula is C16H20N4O3. The lowest BCUT2D eigenvalue weighted by atomic mass is 10.1. The van der Waals surface area contributed by atoms with E-state index < -0.39 is 6.10 Å². The molecule has 2 heterocycles. The van der Waals surface area contributed by atoms with Crippen molar-refractivity contribution in [3.63, 3.8) is 0 Å². The highest BCUT2D eigenvalue weighted by Gasteiger charge is 2.40. The van der Waals surface area contributed by atoms with E-state index in [4.69, 9.17) is 4.74 Å². The molecule has 3 rings (SSSR count). The lowest BCUT2D eigenvalue weighted by molar-refractivity contribution is 0.0165. The molecule has 2 aromatic heterocycles. The lowest BCUT2D eigenvalue weighted by Gasteiger charge is -2.28. The van der Waals surface area contributed by atoms with E-state index in [-0.39, 0.29) is 18.1 Å². The lowest BCUT2D eigenvalue weighted by Crippen LogP contribution is -2.45. The number of ether oxygens (including phenoxy) is 1. The van der Waals surface area contributed by atoms with Gasteiger partial charge in [0.05, 0.1) is 24.0 Å². The second kappa shape index (κ2) is 6.37. The van der Waals surface area contributed by atoms with Gasteiger partial charge in [-0.1, -0.05) is 0 Å². The average Bonchev–Trinajstić information content (AvgIpc) is 3.14. The van der Waals surface area contributed by atoms with Gasteiger partial charge in [0.25, 0.3) is 5.91 Å². The molecule has 0 aliphatic heterocycles. The smallest absolute Gasteiger partial charge is 0.257 e. The molecule has 0 aromatic carbocycles. The highest BCUT2D eigenvalue weighted by Crippen LogP contribution is 2.28. The first kappa shape index (κ1) is 15.5. The largest absolute Gasteiger partial charge is 0.486 e. The number of hydrogen-bond acceptors (Lipinski definition) is 5. The van der Waals surface area contributed by atoms with E-state index in [2.05, 4.69) is 10.1 Å². The molecule has 1 aliphatic carbocycles. The number of nitrogens with zero attached hydrogens (tertiary/aromatic N) is 4. The van der Waals surface area contributed by atoms with E-state index in [1.54, 1.807) is 54.4 Å². The Labute approximate surface area is 134 Å². The third kappa shape index (κ3) is 3.19. The van der Waals surface area contributed by atoms with E-state index in [0.29, 0.717) is 24.2 Å². The third-order valence-corrected chi connectivity index (χ3v) is 4.21. The molecule has 1 N–H and O–H groups in total. The number of aliphatic hydroxyl groups is 1. The molecule has 2 aromatic rings. The third-order valence-electron chi connectivity index (χ3n) is 4.21. The van der Waals surface area contributed by atoms with E-state index in [1.807, 2.05) is 0 Å². The van der Waals surface area contributed by atoms with Crippen molar-refractivity contribution in [3.8, 4) is 5.75 Å². The van der Waals surface area contributed by atoms with Gasteiger partial charge < -0.3 is 14.7 Å². The van der Waals surface area contributed by atoms with Crippen LogP contribution in [0, 0.1) is 0 Å². The first-order valence-electron chi connectivity index (χ1n) is 7.57. The summed E-state index contributed by atoms with van der Waals surface area (Å²) in [6.07, 6.45) is 6.79. The maximum atomic E-state index is 12.5. The fraction of sp³-hybridized carbons (Fsp3) is 0.438. The summed E-state index contributed by atoms with van der Waals surface area (Å²) < 4.78 is 7.37. The molecule has 0 saturated heterocycles. The van der Waals surface area contributed by atoms with E-state index >= 15 is 0 Å². The predicted octanol–water partition coefficient (Wildman–Crippen LogP) is 0.858. The average molecular weight is 316 g/mol. The van der Waals surface area contributed by atoms with Crippen LogP contribution in [0.25, 0.3) is 0 Å². The zero-order valence-corrected chi connectivity index (χ0v) is 13.2. The van der Waals surface area contributed by atoms with Crippen molar-refractivity contribution in [2.75, 3.05) is 7.05 Å². The molecule has 122 valence electrons. The SMILES string of the molecule is CN(C(=O)c1cnn(C)c1)[C@@H]1CC[C@@H](Oc2cccnc2)[C@@H]1O. The Kier molecular flexibility index (Phi) is 4.29. The van der Waals surface area contributed by atoms with Crippen molar-refractivity contribution in [3.05, 3.63) is 42.5 Å². The Hall–Kier alpha value is -2.41. The summed E-state index contributed by atoms with van der Waals surface area (Å²) in [5.74, 6) is 0.475. The Bertz CT molecular complexity index is 673. The Morgan fingerprint density at radius 2 is 2.26 bits per heavy atom. The van der Waals surface area contributed by atoms with Crippen molar-refractivity contribution >= 4 is 5.91 Å². The zero-order valence-electron chi connectivity index (χ0n) is 13.2. The minimum Gasteiger partial charge on any atom is -0.486 e. The van der Waals surface area contributed by atoms with Gasteiger partial charge in [0.2, 0.25) is 0 Å². The number of aliphatic hydroxyl groups excluding tert-OH is 1. The van der Waals surface area contributed by atoms with Gasteiger partial charge in [0, 0.05) is 26.5 Å². The van der Waals surface area contributed by atoms with Crippen molar-refractivity contribution in [2.45, 2.75) is 31.1 Å². The molecule has 1 aliphatic rings. The van der Waals surface area contributed by atoms with E-state index in [0.717, 1.165) is 0 Å². The number of carbonyl (C=O) groups excluding carboxylic acids is 1. The van der Waals surface area contributed by atoms with Gasteiger partial charge in [-0.25, -0.2) is 0 Å². The van der Waals surface area contributed by atoms with Crippen molar-refractivity contribution in [1.82, 2.24) is 19.7 Å². The summed E-state index contributed by atoms with van der Waals surface area (Å²) in [6.45, 7) is 0. The van der Waals surface area contributed by atoms with Crippen molar-refractivity contribution in [1.29, 1.82) is 0 Å². The fourth-order valence-electron chi connectivity index (χ4n) is 2.95. The molecule has 7 nitrogen and oxygen atoms in total. The van der Waals surface area contributed by atoms with Crippen LogP contribution in [0.5, 0.6) is 5.75 Å². The highest BCUT2D eigenvalue weighted by atomic mass is 16.5. The van der Waals surface area contributed by atoms with Crippen molar-refractivity contribution in [2.24, 2.45) is 7.05 Å². The van der Waals surface area contributed by atoms with Crippen LogP contribution in [0.1, 0.15) is 23.2 Å². The molecule has 1 saturated carbocycles. The number of hydrogen-bond donors (Lipinski definition) is 1. The number of aromatic nitrogens is 3. The van der Waals surface area contributed by atoms with Gasteiger partial charge in [-0.15, -0.1) is 0 Å². The van der Waals surface area contributed by atoms with Gasteiger partial charge >= 0.3 is 0 Å². The summed E-state index contributed by atoms with van der Waals surface area (Å²) in [5.41, 5.74) is 0.513. The standard InChI is InChI=1S/C16H20N4O3/c1-19-10-11(8-18-19)16(22)20(2)13-5-6-14(15(13)21)23-12-4-3-7-17-9-12/h3-4,7-10,13-15,21H,5-6H2,1-2H3/t13-,14-,15-/m1/s1. The monoisotopic (exact) mass is 316 g/mol. The molecule has 1 fully saturated rings. The van der Waals surface area contributed by atoms with Gasteiger partial charge in [-0.05, 0) is 25.0 Å². The number of rotatable bonds is 4. The number of aryl methyl sites for hydroxylation is 1. The minimum atomic E-state index is -0.735. The quantitative estimate of drug-likeness (QED) is 0.905. The molecular weight excluding hydrogens is 296 g/mol. The summed E-state index contributed by atoms with van der Waals surface area (Å²) in [7, 11) is 3.47. The number of pyridine rings is 1. The van der Waals surface area contributed by atoms with Crippen LogP contribution in [0.3, 0.4) is 0 Å². The van der Waals surface area contributed by atoms with Gasteiger partial charge in [0.1, 0.15) is 18.0 Å². The summed E-state index contributed by atoms with van der Waals surface area (Å²) in [4.78, 5) is 18.0. The van der Waals surface area contributed by atoms with E-state index in [1.165, 1.54) is 6.20 Å². The molecule has 0 spiro atoms. The summed E-state index contributed by atoms with van der Waals surface area (Å²) in [5, 5.41) is 14.5. The molecule has 23 heavy (non-hydrogen) atoms.